The number of carbonyl (C=O) groups is 2. The number of nitrogens with one attached hydrogen (secondary N) is 1. The van der Waals surface area contributed by atoms with Crippen LogP contribution in [0.2, 0.25) is 5.02 Å². The summed E-state index contributed by atoms with van der Waals surface area (Å²) in [6, 6.07) is 7.02. The van der Waals surface area contributed by atoms with Crippen molar-refractivity contribution >= 4 is 23.4 Å². The number of benzene rings is 1. The molecule has 1 heterocycles. The molecule has 26 heavy (non-hydrogen) atoms. The van der Waals surface area contributed by atoms with Crippen molar-refractivity contribution in [1.82, 2.24) is 15.1 Å². The standard InChI is InChI=1S/C18H21ClN4O3/c1-26-14-11-23(13-7-5-12(19)6-8-13)22-15(14)16(24)21-18(17(20)25)9-3-2-4-10-18/h5-8,11H,2-4,9-10H2,1H3,(H2,20,25)(H,21,24). The molecule has 138 valence electrons. The number of primary amides is 1. The van der Waals surface area contributed by atoms with E-state index in [0.717, 1.165) is 24.9 Å². The summed E-state index contributed by atoms with van der Waals surface area (Å²) in [5.74, 6) is -0.676. The SMILES string of the molecule is COc1cn(-c2ccc(Cl)cc2)nc1C(=O)NC1(C(N)=O)CCCCC1. The van der Waals surface area contributed by atoms with E-state index in [-0.39, 0.29) is 5.69 Å². The van der Waals surface area contributed by atoms with Gasteiger partial charge in [-0.1, -0.05) is 30.9 Å². The highest BCUT2D eigenvalue weighted by molar-refractivity contribution is 6.30. The number of aromatic nitrogens is 2. The molecule has 2 amide bonds. The van der Waals surface area contributed by atoms with Crippen LogP contribution in [0.25, 0.3) is 5.69 Å². The largest absolute Gasteiger partial charge is 0.493 e. The Balaban J connectivity index is 1.89. The zero-order chi connectivity index (χ0) is 18.7. The zero-order valence-electron chi connectivity index (χ0n) is 14.5. The lowest BCUT2D eigenvalue weighted by Crippen LogP contribution is -2.58. The molecule has 0 unspecified atom stereocenters. The minimum Gasteiger partial charge on any atom is -0.493 e. The van der Waals surface area contributed by atoms with Crippen LogP contribution in [-0.4, -0.2) is 34.2 Å². The molecule has 1 saturated carbocycles. The number of rotatable bonds is 5. The number of methoxy groups -OCH3 is 1. The van der Waals surface area contributed by atoms with Gasteiger partial charge in [-0.2, -0.15) is 5.10 Å². The highest BCUT2D eigenvalue weighted by Crippen LogP contribution is 2.29. The van der Waals surface area contributed by atoms with Crippen molar-refractivity contribution in [2.24, 2.45) is 5.73 Å². The average molecular weight is 377 g/mol. The van der Waals surface area contributed by atoms with E-state index in [1.165, 1.54) is 11.8 Å². The van der Waals surface area contributed by atoms with Crippen molar-refractivity contribution in [3.05, 3.63) is 41.2 Å². The van der Waals surface area contributed by atoms with Gasteiger partial charge in [-0.3, -0.25) is 9.59 Å². The predicted molar refractivity (Wildman–Crippen MR) is 97.6 cm³/mol. The van der Waals surface area contributed by atoms with Crippen molar-refractivity contribution < 1.29 is 14.3 Å². The van der Waals surface area contributed by atoms with Gasteiger partial charge in [0.05, 0.1) is 19.0 Å². The molecule has 1 aliphatic rings. The smallest absolute Gasteiger partial charge is 0.276 e. The molecular formula is C18H21ClN4O3. The normalized spacial score (nSPS) is 16.1. The molecule has 0 spiro atoms. The molecule has 0 radical (unpaired) electrons. The highest BCUT2D eigenvalue weighted by Gasteiger charge is 2.40. The van der Waals surface area contributed by atoms with Gasteiger partial charge in [-0.15, -0.1) is 0 Å². The van der Waals surface area contributed by atoms with Gasteiger partial charge in [0.1, 0.15) is 5.54 Å². The van der Waals surface area contributed by atoms with E-state index in [4.69, 9.17) is 22.1 Å². The number of nitrogens with zero attached hydrogens (tertiary/aromatic N) is 2. The summed E-state index contributed by atoms with van der Waals surface area (Å²) in [6.07, 6.45) is 5.40. The van der Waals surface area contributed by atoms with Crippen molar-refractivity contribution in [1.29, 1.82) is 0 Å². The Bertz CT molecular complexity index is 810. The second-order valence-corrected chi connectivity index (χ2v) is 6.86. The summed E-state index contributed by atoms with van der Waals surface area (Å²) in [4.78, 5) is 24.8. The van der Waals surface area contributed by atoms with Crippen molar-refractivity contribution in [2.75, 3.05) is 7.11 Å². The van der Waals surface area contributed by atoms with E-state index in [1.807, 2.05) is 0 Å². The average Bonchev–Trinajstić information content (AvgIpc) is 3.07. The van der Waals surface area contributed by atoms with Crippen LogP contribution in [0.1, 0.15) is 42.6 Å². The van der Waals surface area contributed by atoms with Gasteiger partial charge in [-0.25, -0.2) is 4.68 Å². The molecule has 0 aliphatic heterocycles. The molecule has 7 nitrogen and oxygen atoms in total. The Kier molecular flexibility index (Phi) is 5.18. The molecule has 3 rings (SSSR count). The lowest BCUT2D eigenvalue weighted by atomic mass is 9.81. The first-order chi connectivity index (χ1) is 12.4. The van der Waals surface area contributed by atoms with Crippen LogP contribution in [0, 0.1) is 0 Å². The van der Waals surface area contributed by atoms with Crippen LogP contribution in [-0.2, 0) is 4.79 Å². The second kappa shape index (κ2) is 7.37. The molecule has 2 aromatic rings. The Morgan fingerprint density at radius 2 is 1.88 bits per heavy atom. The van der Waals surface area contributed by atoms with Gasteiger partial charge < -0.3 is 15.8 Å². The maximum Gasteiger partial charge on any atom is 0.276 e. The van der Waals surface area contributed by atoms with Gasteiger partial charge in [-0.05, 0) is 37.1 Å². The lowest BCUT2D eigenvalue weighted by Gasteiger charge is -2.34. The maximum atomic E-state index is 12.8. The third-order valence-electron chi connectivity index (χ3n) is 4.74. The van der Waals surface area contributed by atoms with Crippen LogP contribution < -0.4 is 15.8 Å². The Morgan fingerprint density at radius 1 is 1.23 bits per heavy atom. The van der Waals surface area contributed by atoms with Crippen LogP contribution in [0.5, 0.6) is 5.75 Å². The van der Waals surface area contributed by atoms with Crippen LogP contribution in [0.15, 0.2) is 30.5 Å². The molecule has 1 fully saturated rings. The van der Waals surface area contributed by atoms with Gasteiger partial charge >= 0.3 is 0 Å². The molecule has 0 atom stereocenters. The zero-order valence-corrected chi connectivity index (χ0v) is 15.3. The molecule has 8 heteroatoms. The summed E-state index contributed by atoms with van der Waals surface area (Å²) in [5.41, 5.74) is 5.40. The van der Waals surface area contributed by atoms with E-state index in [9.17, 15) is 9.59 Å². The first-order valence-electron chi connectivity index (χ1n) is 8.47. The Hall–Kier alpha value is -2.54. The summed E-state index contributed by atoms with van der Waals surface area (Å²) >= 11 is 5.90. The molecule has 3 N–H and O–H groups in total. The van der Waals surface area contributed by atoms with E-state index in [0.29, 0.717) is 23.6 Å². The lowest BCUT2D eigenvalue weighted by molar-refractivity contribution is -0.125. The van der Waals surface area contributed by atoms with Crippen molar-refractivity contribution in [3.63, 3.8) is 0 Å². The number of halogens is 1. The molecular weight excluding hydrogens is 356 g/mol. The van der Waals surface area contributed by atoms with E-state index >= 15 is 0 Å². The summed E-state index contributed by atoms with van der Waals surface area (Å²) < 4.78 is 6.82. The molecule has 0 bridgehead atoms. The number of amides is 2. The van der Waals surface area contributed by atoms with Crippen LogP contribution in [0.3, 0.4) is 0 Å². The summed E-state index contributed by atoms with van der Waals surface area (Å²) in [6.45, 7) is 0. The van der Waals surface area contributed by atoms with Crippen molar-refractivity contribution in [2.45, 2.75) is 37.6 Å². The van der Waals surface area contributed by atoms with E-state index in [2.05, 4.69) is 10.4 Å². The predicted octanol–water partition coefficient (Wildman–Crippen LogP) is 2.45. The quantitative estimate of drug-likeness (QED) is 0.837. The van der Waals surface area contributed by atoms with Gasteiger partial charge in [0.15, 0.2) is 11.4 Å². The topological polar surface area (TPSA) is 99.2 Å². The van der Waals surface area contributed by atoms with Gasteiger partial charge in [0.2, 0.25) is 5.91 Å². The number of nitrogens with two attached hydrogens (primary N) is 1. The van der Waals surface area contributed by atoms with Crippen molar-refractivity contribution in [3.8, 4) is 11.4 Å². The third kappa shape index (κ3) is 3.53. The third-order valence-corrected chi connectivity index (χ3v) is 4.99. The number of carbonyl (C=O) groups excluding carboxylic acids is 2. The molecule has 1 aromatic heterocycles. The minimum absolute atomic E-state index is 0.105. The summed E-state index contributed by atoms with van der Waals surface area (Å²) in [7, 11) is 1.46. The molecule has 1 aliphatic carbocycles. The molecule has 0 saturated heterocycles. The number of hydrogen-bond acceptors (Lipinski definition) is 4. The van der Waals surface area contributed by atoms with Gasteiger partial charge in [0.25, 0.3) is 5.91 Å². The second-order valence-electron chi connectivity index (χ2n) is 6.43. The van der Waals surface area contributed by atoms with Crippen LogP contribution >= 0.6 is 11.6 Å². The first kappa shape index (κ1) is 18.3. The number of ether oxygens (including phenoxy) is 1. The number of hydrogen-bond donors (Lipinski definition) is 2. The Morgan fingerprint density at radius 3 is 2.46 bits per heavy atom. The fourth-order valence-corrected chi connectivity index (χ4v) is 3.38. The maximum absolute atomic E-state index is 12.8. The Labute approximate surface area is 156 Å². The van der Waals surface area contributed by atoms with E-state index < -0.39 is 17.4 Å². The minimum atomic E-state index is -1.02. The highest BCUT2D eigenvalue weighted by atomic mass is 35.5. The summed E-state index contributed by atoms with van der Waals surface area (Å²) in [5, 5.41) is 7.73. The van der Waals surface area contributed by atoms with Gasteiger partial charge in [0, 0.05) is 5.02 Å². The fourth-order valence-electron chi connectivity index (χ4n) is 3.26. The fraction of sp³-hybridized carbons (Fsp3) is 0.389. The van der Waals surface area contributed by atoms with Crippen LogP contribution in [0.4, 0.5) is 0 Å². The molecule has 1 aromatic carbocycles. The monoisotopic (exact) mass is 376 g/mol. The van der Waals surface area contributed by atoms with E-state index in [1.54, 1.807) is 30.5 Å². The first-order valence-corrected chi connectivity index (χ1v) is 8.85.